The average molecular weight is 356 g/mol. The summed E-state index contributed by atoms with van der Waals surface area (Å²) in [5, 5.41) is 5.75. The summed E-state index contributed by atoms with van der Waals surface area (Å²) in [5.41, 5.74) is 0.642. The van der Waals surface area contributed by atoms with Crippen molar-refractivity contribution in [1.29, 1.82) is 0 Å². The molecule has 0 bridgehead atoms. The van der Waals surface area contributed by atoms with Gasteiger partial charge in [0, 0.05) is 30.0 Å². The highest BCUT2D eigenvalue weighted by Gasteiger charge is 2.04. The Morgan fingerprint density at radius 1 is 0.800 bits per heavy atom. The zero-order chi connectivity index (χ0) is 17.7. The molecule has 2 aromatic rings. The van der Waals surface area contributed by atoms with E-state index in [4.69, 9.17) is 0 Å². The number of carbonyl (C=O) groups is 2. The van der Waals surface area contributed by atoms with Gasteiger partial charge in [0.1, 0.15) is 0 Å². The molecule has 0 heterocycles. The van der Waals surface area contributed by atoms with E-state index in [1.165, 1.54) is 4.90 Å². The monoisotopic (exact) mass is 356 g/mol. The molecule has 132 valence electrons. The number of rotatable bonds is 10. The molecule has 2 N–H and O–H groups in total. The molecule has 0 fully saturated rings. The normalized spacial score (nSPS) is 10.2. The zero-order valence-corrected chi connectivity index (χ0v) is 15.1. The number of carbonyl (C=O) groups excluding carboxylic acids is 2. The molecule has 0 saturated carbocycles. The highest BCUT2D eigenvalue weighted by Crippen LogP contribution is 2.17. The van der Waals surface area contributed by atoms with Gasteiger partial charge in [-0.2, -0.15) is 0 Å². The third-order valence-electron chi connectivity index (χ3n) is 3.56. The molecular weight excluding hydrogens is 332 g/mol. The predicted octanol–water partition coefficient (Wildman–Crippen LogP) is 3.50. The predicted molar refractivity (Wildman–Crippen MR) is 103 cm³/mol. The maximum Gasteiger partial charge on any atom is 0.251 e. The van der Waals surface area contributed by atoms with Gasteiger partial charge in [-0.1, -0.05) is 36.4 Å². The molecule has 0 aromatic heterocycles. The SMILES string of the molecule is O=C(CCCNC(=O)c1ccccc1)NCCCSc1ccccc1. The Balaban J connectivity index is 1.48. The molecule has 0 unspecified atom stereocenters. The van der Waals surface area contributed by atoms with Crippen molar-refractivity contribution < 1.29 is 9.59 Å². The van der Waals surface area contributed by atoms with Crippen LogP contribution in [0.5, 0.6) is 0 Å². The molecule has 0 aliphatic carbocycles. The Bertz CT molecular complexity index is 647. The molecule has 2 rings (SSSR count). The zero-order valence-electron chi connectivity index (χ0n) is 14.2. The third-order valence-corrected chi connectivity index (χ3v) is 4.66. The lowest BCUT2D eigenvalue weighted by molar-refractivity contribution is -0.121. The molecule has 0 saturated heterocycles. The Morgan fingerprint density at radius 2 is 1.44 bits per heavy atom. The quantitative estimate of drug-likeness (QED) is 0.506. The second-order valence-electron chi connectivity index (χ2n) is 5.59. The Labute approximate surface area is 153 Å². The molecule has 0 atom stereocenters. The molecule has 2 aromatic carbocycles. The number of amides is 2. The fraction of sp³-hybridized carbons (Fsp3) is 0.300. The Morgan fingerprint density at radius 3 is 2.16 bits per heavy atom. The van der Waals surface area contributed by atoms with Gasteiger partial charge in [0.05, 0.1) is 0 Å². The molecule has 4 nitrogen and oxygen atoms in total. The second kappa shape index (κ2) is 11.3. The maximum absolute atomic E-state index is 11.8. The van der Waals surface area contributed by atoms with Crippen LogP contribution in [-0.2, 0) is 4.79 Å². The van der Waals surface area contributed by atoms with Gasteiger partial charge in [-0.15, -0.1) is 11.8 Å². The number of hydrogen-bond acceptors (Lipinski definition) is 3. The molecule has 5 heteroatoms. The topological polar surface area (TPSA) is 58.2 Å². The van der Waals surface area contributed by atoms with E-state index < -0.39 is 0 Å². The largest absolute Gasteiger partial charge is 0.356 e. The van der Waals surface area contributed by atoms with Crippen molar-refractivity contribution in [3.05, 3.63) is 66.2 Å². The third kappa shape index (κ3) is 7.90. The van der Waals surface area contributed by atoms with Gasteiger partial charge in [-0.25, -0.2) is 0 Å². The van der Waals surface area contributed by atoms with Gasteiger partial charge >= 0.3 is 0 Å². The van der Waals surface area contributed by atoms with Crippen LogP contribution in [0.2, 0.25) is 0 Å². The van der Waals surface area contributed by atoms with E-state index in [-0.39, 0.29) is 11.8 Å². The van der Waals surface area contributed by atoms with Crippen molar-refractivity contribution in [2.45, 2.75) is 24.2 Å². The first-order valence-corrected chi connectivity index (χ1v) is 9.52. The number of nitrogens with one attached hydrogen (secondary N) is 2. The highest BCUT2D eigenvalue weighted by molar-refractivity contribution is 7.99. The number of hydrogen-bond donors (Lipinski definition) is 2. The molecule has 0 aliphatic rings. The minimum absolute atomic E-state index is 0.0404. The van der Waals surface area contributed by atoms with Crippen molar-refractivity contribution >= 4 is 23.6 Å². The van der Waals surface area contributed by atoms with Crippen LogP contribution in [0.1, 0.15) is 29.6 Å². The van der Waals surface area contributed by atoms with Crippen molar-refractivity contribution in [2.75, 3.05) is 18.8 Å². The van der Waals surface area contributed by atoms with Crippen LogP contribution in [0.25, 0.3) is 0 Å². The summed E-state index contributed by atoms with van der Waals surface area (Å²) in [6.07, 6.45) is 2.01. The fourth-order valence-electron chi connectivity index (χ4n) is 2.24. The molecule has 0 aliphatic heterocycles. The summed E-state index contributed by atoms with van der Waals surface area (Å²) in [7, 11) is 0. The van der Waals surface area contributed by atoms with Crippen LogP contribution < -0.4 is 10.6 Å². The van der Waals surface area contributed by atoms with Gasteiger partial charge in [-0.3, -0.25) is 9.59 Å². The summed E-state index contributed by atoms with van der Waals surface area (Å²) in [6.45, 7) is 1.19. The standard InChI is InChI=1S/C20H24N2O2S/c23-19(21-15-8-16-25-18-11-5-2-6-12-18)13-7-14-22-20(24)17-9-3-1-4-10-17/h1-6,9-12H,7-8,13-16H2,(H,21,23)(H,22,24). The molecular formula is C20H24N2O2S. The lowest BCUT2D eigenvalue weighted by Crippen LogP contribution is -2.28. The molecule has 25 heavy (non-hydrogen) atoms. The summed E-state index contributed by atoms with van der Waals surface area (Å²) in [4.78, 5) is 24.8. The Hall–Kier alpha value is -2.27. The smallest absolute Gasteiger partial charge is 0.251 e. The van der Waals surface area contributed by atoms with E-state index in [9.17, 15) is 9.59 Å². The van der Waals surface area contributed by atoms with Gasteiger partial charge in [0.2, 0.25) is 5.91 Å². The van der Waals surface area contributed by atoms with Gasteiger partial charge in [-0.05, 0) is 42.9 Å². The van der Waals surface area contributed by atoms with Gasteiger partial charge < -0.3 is 10.6 Å². The summed E-state index contributed by atoms with van der Waals surface area (Å²) >= 11 is 1.80. The van der Waals surface area contributed by atoms with E-state index >= 15 is 0 Å². The average Bonchev–Trinajstić information content (AvgIpc) is 2.66. The summed E-state index contributed by atoms with van der Waals surface area (Å²) in [5.74, 6) is 0.926. The van der Waals surface area contributed by atoms with E-state index in [2.05, 4.69) is 22.8 Å². The first-order chi connectivity index (χ1) is 12.3. The summed E-state index contributed by atoms with van der Waals surface area (Å²) < 4.78 is 0. The minimum atomic E-state index is -0.0982. The van der Waals surface area contributed by atoms with Gasteiger partial charge in [0.15, 0.2) is 0 Å². The molecule has 0 radical (unpaired) electrons. The van der Waals surface area contributed by atoms with E-state index in [0.717, 1.165) is 12.2 Å². The van der Waals surface area contributed by atoms with Crippen LogP contribution in [0.4, 0.5) is 0 Å². The lowest BCUT2D eigenvalue weighted by Gasteiger charge is -2.07. The van der Waals surface area contributed by atoms with Crippen molar-refractivity contribution in [3.8, 4) is 0 Å². The fourth-order valence-corrected chi connectivity index (χ4v) is 3.11. The number of benzene rings is 2. The maximum atomic E-state index is 11.8. The van der Waals surface area contributed by atoms with Crippen LogP contribution in [0.3, 0.4) is 0 Å². The van der Waals surface area contributed by atoms with Crippen LogP contribution in [0, 0.1) is 0 Å². The first-order valence-electron chi connectivity index (χ1n) is 8.53. The van der Waals surface area contributed by atoms with E-state index in [0.29, 0.717) is 31.5 Å². The summed E-state index contributed by atoms with van der Waals surface area (Å²) in [6, 6.07) is 19.3. The van der Waals surface area contributed by atoms with Crippen LogP contribution >= 0.6 is 11.8 Å². The second-order valence-corrected chi connectivity index (χ2v) is 6.76. The Kier molecular flexibility index (Phi) is 8.63. The number of thioether (sulfide) groups is 1. The van der Waals surface area contributed by atoms with Crippen molar-refractivity contribution in [2.24, 2.45) is 0 Å². The lowest BCUT2D eigenvalue weighted by atomic mass is 10.2. The van der Waals surface area contributed by atoms with Crippen molar-refractivity contribution in [3.63, 3.8) is 0 Å². The van der Waals surface area contributed by atoms with E-state index in [1.54, 1.807) is 23.9 Å². The molecule has 2 amide bonds. The van der Waals surface area contributed by atoms with Gasteiger partial charge in [0.25, 0.3) is 5.91 Å². The van der Waals surface area contributed by atoms with Crippen LogP contribution in [0.15, 0.2) is 65.6 Å². The highest BCUT2D eigenvalue weighted by atomic mass is 32.2. The van der Waals surface area contributed by atoms with Crippen LogP contribution in [-0.4, -0.2) is 30.7 Å². The minimum Gasteiger partial charge on any atom is -0.356 e. The van der Waals surface area contributed by atoms with E-state index in [1.807, 2.05) is 36.4 Å². The van der Waals surface area contributed by atoms with Crippen molar-refractivity contribution in [1.82, 2.24) is 10.6 Å². The first kappa shape index (κ1) is 19.1. The molecule has 0 spiro atoms.